The number of hydrogen-bond donors (Lipinski definition) is 0. The highest BCUT2D eigenvalue weighted by atomic mass is 79.9. The molecule has 1 saturated heterocycles. The molecule has 0 unspecified atom stereocenters. The van der Waals surface area contributed by atoms with E-state index in [0.717, 1.165) is 10.0 Å². The highest BCUT2D eigenvalue weighted by Crippen LogP contribution is 2.40. The first-order chi connectivity index (χ1) is 7.24. The molecule has 0 aliphatic carbocycles. The second-order valence-electron chi connectivity index (χ2n) is 3.06. The largest absolute Gasteiger partial charge is 0.495 e. The third-order valence-electron chi connectivity index (χ3n) is 2.16. The predicted octanol–water partition coefficient (Wildman–Crippen LogP) is 3.16. The quantitative estimate of drug-likeness (QED) is 0.838. The van der Waals surface area contributed by atoms with E-state index in [-0.39, 0.29) is 6.29 Å². The summed E-state index contributed by atoms with van der Waals surface area (Å²) in [7, 11) is 1.58. The molecule has 0 bridgehead atoms. The standard InChI is InChI=1S/C10H10BrClO3/c1-13-9-6(10-14-4-5-15-10)2-3-7(11)8(9)12/h2-3,10H,4-5H2,1H3. The summed E-state index contributed by atoms with van der Waals surface area (Å²) >= 11 is 9.43. The Balaban J connectivity index is 2.41. The van der Waals surface area contributed by atoms with Gasteiger partial charge in [0, 0.05) is 4.47 Å². The number of ether oxygens (including phenoxy) is 3. The van der Waals surface area contributed by atoms with Crippen molar-refractivity contribution in [3.8, 4) is 5.75 Å². The molecule has 82 valence electrons. The first-order valence-electron chi connectivity index (χ1n) is 4.49. The summed E-state index contributed by atoms with van der Waals surface area (Å²) in [5, 5.41) is 0.536. The first kappa shape index (κ1) is 11.2. The maximum Gasteiger partial charge on any atom is 0.187 e. The molecule has 0 atom stereocenters. The lowest BCUT2D eigenvalue weighted by Gasteiger charge is -2.15. The molecule has 1 heterocycles. The van der Waals surface area contributed by atoms with Crippen LogP contribution >= 0.6 is 27.5 Å². The summed E-state index contributed by atoms with van der Waals surface area (Å²) in [4.78, 5) is 0. The average Bonchev–Trinajstić information content (AvgIpc) is 2.75. The summed E-state index contributed by atoms with van der Waals surface area (Å²) in [6.45, 7) is 1.20. The SMILES string of the molecule is COc1c(C2OCCO2)ccc(Br)c1Cl. The fourth-order valence-electron chi connectivity index (χ4n) is 1.48. The number of hydrogen-bond acceptors (Lipinski definition) is 3. The van der Waals surface area contributed by atoms with Crippen LogP contribution in [0.3, 0.4) is 0 Å². The van der Waals surface area contributed by atoms with Gasteiger partial charge in [0.1, 0.15) is 5.75 Å². The molecule has 5 heteroatoms. The Bertz CT molecular complexity index is 364. The Morgan fingerprint density at radius 1 is 1.40 bits per heavy atom. The van der Waals surface area contributed by atoms with Gasteiger partial charge in [0.15, 0.2) is 6.29 Å². The minimum Gasteiger partial charge on any atom is -0.495 e. The summed E-state index contributed by atoms with van der Waals surface area (Å²) in [5.41, 5.74) is 0.822. The number of methoxy groups -OCH3 is 1. The Hall–Kier alpha value is -0.290. The molecule has 15 heavy (non-hydrogen) atoms. The van der Waals surface area contributed by atoms with E-state index in [9.17, 15) is 0 Å². The molecule has 1 aromatic carbocycles. The lowest BCUT2D eigenvalue weighted by atomic mass is 10.2. The van der Waals surface area contributed by atoms with Crippen molar-refractivity contribution in [1.82, 2.24) is 0 Å². The van der Waals surface area contributed by atoms with E-state index >= 15 is 0 Å². The zero-order valence-electron chi connectivity index (χ0n) is 8.13. The highest BCUT2D eigenvalue weighted by molar-refractivity contribution is 9.10. The van der Waals surface area contributed by atoms with Crippen LogP contribution in [0.1, 0.15) is 11.9 Å². The van der Waals surface area contributed by atoms with Gasteiger partial charge in [0.2, 0.25) is 0 Å². The summed E-state index contributed by atoms with van der Waals surface area (Å²) in [6.07, 6.45) is -0.370. The van der Waals surface area contributed by atoms with Crippen molar-refractivity contribution >= 4 is 27.5 Å². The fourth-order valence-corrected chi connectivity index (χ4v) is 2.04. The predicted molar refractivity (Wildman–Crippen MR) is 60.3 cm³/mol. The van der Waals surface area contributed by atoms with Crippen molar-refractivity contribution in [2.75, 3.05) is 20.3 Å². The van der Waals surface area contributed by atoms with Crippen molar-refractivity contribution in [3.63, 3.8) is 0 Å². The van der Waals surface area contributed by atoms with E-state index in [0.29, 0.717) is 24.0 Å². The van der Waals surface area contributed by atoms with Gasteiger partial charge < -0.3 is 14.2 Å². The normalized spacial score (nSPS) is 17.0. The average molecular weight is 294 g/mol. The lowest BCUT2D eigenvalue weighted by Crippen LogP contribution is -2.02. The van der Waals surface area contributed by atoms with Crippen LogP contribution in [0.5, 0.6) is 5.75 Å². The second-order valence-corrected chi connectivity index (χ2v) is 4.29. The van der Waals surface area contributed by atoms with Crippen molar-refractivity contribution in [1.29, 1.82) is 0 Å². The van der Waals surface area contributed by atoms with Gasteiger partial charge in [-0.2, -0.15) is 0 Å². The van der Waals surface area contributed by atoms with E-state index in [1.165, 1.54) is 0 Å². The monoisotopic (exact) mass is 292 g/mol. The molecule has 1 aliphatic heterocycles. The summed E-state index contributed by atoms with van der Waals surface area (Å²) in [6, 6.07) is 3.73. The van der Waals surface area contributed by atoms with Crippen LogP contribution in [-0.4, -0.2) is 20.3 Å². The van der Waals surface area contributed by atoms with Gasteiger partial charge in [-0.25, -0.2) is 0 Å². The Morgan fingerprint density at radius 2 is 2.07 bits per heavy atom. The molecule has 2 rings (SSSR count). The fraction of sp³-hybridized carbons (Fsp3) is 0.400. The van der Waals surface area contributed by atoms with Crippen molar-refractivity contribution in [3.05, 3.63) is 27.2 Å². The highest BCUT2D eigenvalue weighted by Gasteiger charge is 2.24. The molecule has 0 radical (unpaired) electrons. The minimum absolute atomic E-state index is 0.370. The Labute approximate surface area is 101 Å². The van der Waals surface area contributed by atoms with E-state index in [4.69, 9.17) is 25.8 Å². The van der Waals surface area contributed by atoms with Crippen LogP contribution in [0.15, 0.2) is 16.6 Å². The maximum atomic E-state index is 6.09. The van der Waals surface area contributed by atoms with Gasteiger partial charge in [-0.05, 0) is 28.1 Å². The Kier molecular flexibility index (Phi) is 3.51. The van der Waals surface area contributed by atoms with Gasteiger partial charge in [-0.15, -0.1) is 0 Å². The molecule has 0 saturated carbocycles. The van der Waals surface area contributed by atoms with Crippen molar-refractivity contribution in [2.24, 2.45) is 0 Å². The van der Waals surface area contributed by atoms with Crippen LogP contribution in [0.2, 0.25) is 5.02 Å². The molecule has 0 aromatic heterocycles. The molecule has 0 spiro atoms. The number of rotatable bonds is 2. The topological polar surface area (TPSA) is 27.7 Å². The second kappa shape index (κ2) is 4.70. The number of halogens is 2. The molecular weight excluding hydrogens is 283 g/mol. The maximum absolute atomic E-state index is 6.09. The summed E-state index contributed by atoms with van der Waals surface area (Å²) < 4.78 is 16.8. The first-order valence-corrected chi connectivity index (χ1v) is 5.66. The third-order valence-corrected chi connectivity index (χ3v) is 3.42. The van der Waals surface area contributed by atoms with Gasteiger partial charge in [-0.1, -0.05) is 11.6 Å². The van der Waals surface area contributed by atoms with E-state index < -0.39 is 0 Å². The molecule has 1 aromatic rings. The number of benzene rings is 1. The van der Waals surface area contributed by atoms with Gasteiger partial charge >= 0.3 is 0 Å². The van der Waals surface area contributed by atoms with Gasteiger partial charge in [0.25, 0.3) is 0 Å². The molecular formula is C10H10BrClO3. The van der Waals surface area contributed by atoms with E-state index in [2.05, 4.69) is 15.9 Å². The van der Waals surface area contributed by atoms with Crippen molar-refractivity contribution in [2.45, 2.75) is 6.29 Å². The van der Waals surface area contributed by atoms with Crippen LogP contribution in [-0.2, 0) is 9.47 Å². The zero-order valence-corrected chi connectivity index (χ0v) is 10.5. The Morgan fingerprint density at radius 3 is 2.67 bits per heavy atom. The van der Waals surface area contributed by atoms with Crippen molar-refractivity contribution < 1.29 is 14.2 Å². The van der Waals surface area contributed by atoms with Crippen LogP contribution < -0.4 is 4.74 Å². The van der Waals surface area contributed by atoms with E-state index in [1.54, 1.807) is 7.11 Å². The lowest BCUT2D eigenvalue weighted by molar-refractivity contribution is -0.0454. The summed E-state index contributed by atoms with van der Waals surface area (Å²) in [5.74, 6) is 0.595. The molecule has 1 fully saturated rings. The van der Waals surface area contributed by atoms with E-state index in [1.807, 2.05) is 12.1 Å². The van der Waals surface area contributed by atoms with Crippen LogP contribution in [0.25, 0.3) is 0 Å². The third kappa shape index (κ3) is 2.13. The molecule has 1 aliphatic rings. The smallest absolute Gasteiger partial charge is 0.187 e. The van der Waals surface area contributed by atoms with Gasteiger partial charge in [0.05, 0.1) is 30.9 Å². The van der Waals surface area contributed by atoms with Crippen LogP contribution in [0.4, 0.5) is 0 Å². The molecule has 0 N–H and O–H groups in total. The minimum atomic E-state index is -0.370. The van der Waals surface area contributed by atoms with Gasteiger partial charge in [-0.3, -0.25) is 0 Å². The molecule has 0 amide bonds. The molecule has 3 nitrogen and oxygen atoms in total. The van der Waals surface area contributed by atoms with Crippen LogP contribution in [0, 0.1) is 0 Å². The zero-order chi connectivity index (χ0) is 10.8.